The van der Waals surface area contributed by atoms with Gasteiger partial charge in [-0.2, -0.15) is 18.4 Å². The zero-order valence-corrected chi connectivity index (χ0v) is 16.7. The highest BCUT2D eigenvalue weighted by atomic mass is 19.4. The van der Waals surface area contributed by atoms with Crippen LogP contribution in [0.15, 0.2) is 42.5 Å². The summed E-state index contributed by atoms with van der Waals surface area (Å²) in [6.45, 7) is 4.77. The molecule has 154 valence electrons. The van der Waals surface area contributed by atoms with Gasteiger partial charge in [0.05, 0.1) is 17.2 Å². The smallest absolute Gasteiger partial charge is 0.378 e. The second-order valence-electron chi connectivity index (χ2n) is 7.59. The Morgan fingerprint density at radius 3 is 2.03 bits per heavy atom. The normalized spacial score (nSPS) is 15.9. The molecule has 2 aromatic carbocycles. The van der Waals surface area contributed by atoms with Crippen molar-refractivity contribution in [3.63, 3.8) is 0 Å². The number of piperazine rings is 1. The van der Waals surface area contributed by atoms with Gasteiger partial charge in [-0.15, -0.1) is 0 Å². The maximum atomic E-state index is 12.7. The molecule has 0 N–H and O–H groups in total. The first-order chi connectivity index (χ1) is 13.8. The van der Waals surface area contributed by atoms with Gasteiger partial charge in [-0.25, -0.2) is 0 Å². The number of rotatable bonds is 5. The third-order valence-electron chi connectivity index (χ3n) is 5.27. The number of hydrogen-bond donors (Lipinski definition) is 0. The average Bonchev–Trinajstić information content (AvgIpc) is 2.69. The van der Waals surface area contributed by atoms with Crippen LogP contribution in [0.5, 0.6) is 0 Å². The van der Waals surface area contributed by atoms with Crippen LogP contribution >= 0.6 is 0 Å². The number of nitrogens with zero attached hydrogens (tertiary/aromatic N) is 4. The van der Waals surface area contributed by atoms with Crippen LogP contribution in [-0.2, 0) is 19.3 Å². The lowest BCUT2D eigenvalue weighted by Crippen LogP contribution is -2.45. The van der Waals surface area contributed by atoms with Gasteiger partial charge in [0.15, 0.2) is 0 Å². The Kier molecular flexibility index (Phi) is 6.46. The lowest BCUT2D eigenvalue weighted by Gasteiger charge is -2.35. The zero-order valence-electron chi connectivity index (χ0n) is 16.7. The van der Waals surface area contributed by atoms with Crippen molar-refractivity contribution in [3.8, 4) is 6.07 Å². The number of benzene rings is 2. The molecular weight excluding hydrogens is 377 g/mol. The lowest BCUT2D eigenvalue weighted by atomic mass is 10.1. The predicted molar refractivity (Wildman–Crippen MR) is 107 cm³/mol. The fourth-order valence-electron chi connectivity index (χ4n) is 3.50. The molecule has 1 heterocycles. The minimum atomic E-state index is -4.30. The fourth-order valence-corrected chi connectivity index (χ4v) is 3.50. The fraction of sp³-hybridized carbons (Fsp3) is 0.409. The predicted octanol–water partition coefficient (Wildman–Crippen LogP) is 3.96. The van der Waals surface area contributed by atoms with E-state index in [1.54, 1.807) is 12.1 Å². The van der Waals surface area contributed by atoms with Crippen LogP contribution in [0.4, 0.5) is 18.9 Å². The Hall–Kier alpha value is -2.56. The summed E-state index contributed by atoms with van der Waals surface area (Å²) < 4.78 is 38.1. The van der Waals surface area contributed by atoms with E-state index < -0.39 is 11.7 Å². The Bertz CT molecular complexity index is 861. The third-order valence-corrected chi connectivity index (χ3v) is 5.27. The maximum absolute atomic E-state index is 12.7. The second kappa shape index (κ2) is 8.85. The first kappa shape index (κ1) is 21.2. The Morgan fingerprint density at radius 1 is 0.931 bits per heavy atom. The van der Waals surface area contributed by atoms with Crippen LogP contribution in [0, 0.1) is 11.3 Å². The average molecular weight is 402 g/mol. The number of hydrogen-bond acceptors (Lipinski definition) is 4. The largest absolute Gasteiger partial charge is 0.416 e. The van der Waals surface area contributed by atoms with Crippen molar-refractivity contribution in [2.24, 2.45) is 0 Å². The van der Waals surface area contributed by atoms with Crippen LogP contribution in [0.3, 0.4) is 0 Å². The van der Waals surface area contributed by atoms with Crippen molar-refractivity contribution in [2.45, 2.75) is 19.3 Å². The Balaban J connectivity index is 1.56. The van der Waals surface area contributed by atoms with Gasteiger partial charge in [-0.05, 0) is 41.5 Å². The molecule has 3 rings (SSSR count). The standard InChI is InChI=1S/C22H25F3N4/c1-27(2)21-8-5-18(14-26)19(13-21)16-29-11-9-28(10-12-29)15-17-3-6-20(7-4-17)22(23,24)25/h3-8,13H,9-12,15-16H2,1-2H3. The van der Waals surface area contributed by atoms with Gasteiger partial charge >= 0.3 is 6.18 Å². The van der Waals surface area contributed by atoms with E-state index in [1.807, 2.05) is 31.1 Å². The molecule has 0 unspecified atom stereocenters. The van der Waals surface area contributed by atoms with Crippen LogP contribution in [0.2, 0.25) is 0 Å². The van der Waals surface area contributed by atoms with E-state index in [-0.39, 0.29) is 0 Å². The van der Waals surface area contributed by atoms with E-state index in [0.717, 1.165) is 61.7 Å². The highest BCUT2D eigenvalue weighted by molar-refractivity contribution is 5.53. The molecule has 0 saturated carbocycles. The van der Waals surface area contributed by atoms with Gasteiger partial charge in [-0.3, -0.25) is 9.80 Å². The van der Waals surface area contributed by atoms with Gasteiger partial charge in [0.2, 0.25) is 0 Å². The molecule has 0 atom stereocenters. The molecule has 1 aliphatic heterocycles. The van der Waals surface area contributed by atoms with Gasteiger partial charge in [0, 0.05) is 59.1 Å². The monoisotopic (exact) mass is 402 g/mol. The molecule has 0 aliphatic carbocycles. The van der Waals surface area contributed by atoms with Crippen molar-refractivity contribution >= 4 is 5.69 Å². The highest BCUT2D eigenvalue weighted by Gasteiger charge is 2.30. The summed E-state index contributed by atoms with van der Waals surface area (Å²) in [5, 5.41) is 9.39. The molecule has 0 bridgehead atoms. The molecule has 1 aliphatic rings. The molecule has 4 nitrogen and oxygen atoms in total. The summed E-state index contributed by atoms with van der Waals surface area (Å²) in [6, 6.07) is 13.6. The number of nitriles is 1. The summed E-state index contributed by atoms with van der Waals surface area (Å²) in [4.78, 5) is 6.59. The van der Waals surface area contributed by atoms with Crippen molar-refractivity contribution in [2.75, 3.05) is 45.2 Å². The minimum Gasteiger partial charge on any atom is -0.378 e. The molecule has 0 amide bonds. The van der Waals surface area contributed by atoms with E-state index in [1.165, 1.54) is 0 Å². The first-order valence-electron chi connectivity index (χ1n) is 9.57. The third kappa shape index (κ3) is 5.49. The summed E-state index contributed by atoms with van der Waals surface area (Å²) >= 11 is 0. The molecule has 29 heavy (non-hydrogen) atoms. The zero-order chi connectivity index (χ0) is 21.0. The van der Waals surface area contributed by atoms with Crippen LogP contribution in [0.1, 0.15) is 22.3 Å². The molecule has 1 saturated heterocycles. The molecule has 0 radical (unpaired) electrons. The van der Waals surface area contributed by atoms with E-state index in [0.29, 0.717) is 12.1 Å². The first-order valence-corrected chi connectivity index (χ1v) is 9.57. The molecule has 0 spiro atoms. The molecule has 2 aromatic rings. The number of anilines is 1. The van der Waals surface area contributed by atoms with Crippen LogP contribution in [-0.4, -0.2) is 50.1 Å². The van der Waals surface area contributed by atoms with E-state index in [9.17, 15) is 18.4 Å². The van der Waals surface area contributed by atoms with E-state index in [4.69, 9.17) is 0 Å². The van der Waals surface area contributed by atoms with Gasteiger partial charge < -0.3 is 4.90 Å². The van der Waals surface area contributed by atoms with E-state index >= 15 is 0 Å². The highest BCUT2D eigenvalue weighted by Crippen LogP contribution is 2.29. The Labute approximate surface area is 169 Å². The number of alkyl halides is 3. The van der Waals surface area contributed by atoms with Crippen molar-refractivity contribution in [3.05, 3.63) is 64.7 Å². The van der Waals surface area contributed by atoms with Gasteiger partial charge in [0.1, 0.15) is 0 Å². The van der Waals surface area contributed by atoms with Gasteiger partial charge in [0.25, 0.3) is 0 Å². The topological polar surface area (TPSA) is 33.5 Å². The van der Waals surface area contributed by atoms with Crippen LogP contribution < -0.4 is 4.90 Å². The maximum Gasteiger partial charge on any atom is 0.416 e. The summed E-state index contributed by atoms with van der Waals surface area (Å²) in [5.74, 6) is 0. The van der Waals surface area contributed by atoms with E-state index in [2.05, 4.69) is 21.9 Å². The second-order valence-corrected chi connectivity index (χ2v) is 7.59. The van der Waals surface area contributed by atoms with Crippen molar-refractivity contribution < 1.29 is 13.2 Å². The molecule has 7 heteroatoms. The lowest BCUT2D eigenvalue weighted by molar-refractivity contribution is -0.137. The summed E-state index contributed by atoms with van der Waals surface area (Å²) in [5.41, 5.74) is 3.06. The summed E-state index contributed by atoms with van der Waals surface area (Å²) in [6.07, 6.45) is -4.30. The van der Waals surface area contributed by atoms with Crippen molar-refractivity contribution in [1.82, 2.24) is 9.80 Å². The van der Waals surface area contributed by atoms with Crippen LogP contribution in [0.25, 0.3) is 0 Å². The van der Waals surface area contributed by atoms with Gasteiger partial charge in [-0.1, -0.05) is 12.1 Å². The molecule has 0 aromatic heterocycles. The van der Waals surface area contributed by atoms with Crippen molar-refractivity contribution in [1.29, 1.82) is 5.26 Å². The molecule has 1 fully saturated rings. The molecular formula is C22H25F3N4. The quantitative estimate of drug-likeness (QED) is 0.758. The SMILES string of the molecule is CN(C)c1ccc(C#N)c(CN2CCN(Cc3ccc(C(F)(F)F)cc3)CC2)c1. The minimum absolute atomic E-state index is 0.612. The Morgan fingerprint density at radius 2 is 1.52 bits per heavy atom. The number of halogens is 3. The summed E-state index contributed by atoms with van der Waals surface area (Å²) in [7, 11) is 3.95.